The van der Waals surface area contributed by atoms with E-state index in [-0.39, 0.29) is 11.5 Å². The molecule has 0 radical (unpaired) electrons. The fourth-order valence-electron chi connectivity index (χ4n) is 2.45. The maximum atomic E-state index is 12.0. The van der Waals surface area contributed by atoms with Crippen LogP contribution < -0.4 is 5.32 Å². The monoisotopic (exact) mass is 333 g/mol. The molecule has 1 heterocycles. The van der Waals surface area contributed by atoms with Crippen molar-refractivity contribution in [3.63, 3.8) is 0 Å². The highest BCUT2D eigenvalue weighted by molar-refractivity contribution is 6.40. The van der Waals surface area contributed by atoms with Gasteiger partial charge in [0.25, 0.3) is 5.78 Å². The Bertz CT molecular complexity index is 592. The molecule has 0 saturated carbocycles. The molecule has 1 aromatic carbocycles. The third-order valence-corrected chi connectivity index (χ3v) is 4.04. The SMILES string of the molecule is COC(=O)C(=O)c1ccc(CNC(=O)CN2CCN(C)CC2)cc1. The van der Waals surface area contributed by atoms with Crippen LogP contribution in [0.1, 0.15) is 15.9 Å². The first kappa shape index (κ1) is 18.1. The molecular weight excluding hydrogens is 310 g/mol. The topological polar surface area (TPSA) is 78.9 Å². The third-order valence-electron chi connectivity index (χ3n) is 4.04. The van der Waals surface area contributed by atoms with Crippen molar-refractivity contribution in [3.8, 4) is 0 Å². The van der Waals surface area contributed by atoms with Crippen molar-refractivity contribution < 1.29 is 19.1 Å². The van der Waals surface area contributed by atoms with Gasteiger partial charge < -0.3 is 15.0 Å². The molecule has 0 bridgehead atoms. The second-order valence-corrected chi connectivity index (χ2v) is 5.87. The van der Waals surface area contributed by atoms with Crippen LogP contribution in [0.2, 0.25) is 0 Å². The van der Waals surface area contributed by atoms with Crippen molar-refractivity contribution in [2.45, 2.75) is 6.54 Å². The van der Waals surface area contributed by atoms with Gasteiger partial charge >= 0.3 is 5.97 Å². The zero-order valence-corrected chi connectivity index (χ0v) is 14.1. The Balaban J connectivity index is 1.78. The zero-order valence-electron chi connectivity index (χ0n) is 14.1. The summed E-state index contributed by atoms with van der Waals surface area (Å²) in [5.41, 5.74) is 1.14. The summed E-state index contributed by atoms with van der Waals surface area (Å²) in [4.78, 5) is 39.2. The van der Waals surface area contributed by atoms with Crippen LogP contribution in [0.3, 0.4) is 0 Å². The summed E-state index contributed by atoms with van der Waals surface area (Å²) in [6, 6.07) is 6.54. The molecule has 7 nitrogen and oxygen atoms in total. The lowest BCUT2D eigenvalue weighted by Crippen LogP contribution is -2.48. The van der Waals surface area contributed by atoms with Crippen LogP contribution in [0.25, 0.3) is 0 Å². The Morgan fingerprint density at radius 2 is 1.71 bits per heavy atom. The van der Waals surface area contributed by atoms with Crippen molar-refractivity contribution in [3.05, 3.63) is 35.4 Å². The first-order valence-corrected chi connectivity index (χ1v) is 7.89. The molecule has 1 N–H and O–H groups in total. The zero-order chi connectivity index (χ0) is 17.5. The van der Waals surface area contributed by atoms with Crippen molar-refractivity contribution in [1.29, 1.82) is 0 Å². The Hall–Kier alpha value is -2.25. The summed E-state index contributed by atoms with van der Waals surface area (Å²) in [5.74, 6) is -1.58. The van der Waals surface area contributed by atoms with Gasteiger partial charge in [0.05, 0.1) is 13.7 Å². The summed E-state index contributed by atoms with van der Waals surface area (Å²) in [6.07, 6.45) is 0. The number of carbonyl (C=O) groups is 3. The molecule has 1 aliphatic heterocycles. The number of nitrogens with one attached hydrogen (secondary N) is 1. The molecule has 0 spiro atoms. The number of rotatable bonds is 6. The Kier molecular flexibility index (Phi) is 6.45. The molecular formula is C17H23N3O4. The molecule has 0 aromatic heterocycles. The van der Waals surface area contributed by atoms with Gasteiger partial charge in [-0.25, -0.2) is 4.79 Å². The molecule has 1 saturated heterocycles. The van der Waals surface area contributed by atoms with Crippen molar-refractivity contribution in [1.82, 2.24) is 15.1 Å². The Morgan fingerprint density at radius 1 is 1.08 bits per heavy atom. The number of hydrogen-bond donors (Lipinski definition) is 1. The quantitative estimate of drug-likeness (QED) is 0.445. The van der Waals surface area contributed by atoms with E-state index < -0.39 is 11.8 Å². The summed E-state index contributed by atoms with van der Waals surface area (Å²) in [6.45, 7) is 4.53. The normalized spacial score (nSPS) is 15.8. The van der Waals surface area contributed by atoms with E-state index >= 15 is 0 Å². The standard InChI is InChI=1S/C17H23N3O4/c1-19-7-9-20(10-8-19)12-15(21)18-11-13-3-5-14(6-4-13)16(22)17(23)24-2/h3-6H,7-12H2,1-2H3,(H,18,21). The average Bonchev–Trinajstić information content (AvgIpc) is 2.61. The molecule has 130 valence electrons. The number of carbonyl (C=O) groups excluding carboxylic acids is 3. The maximum absolute atomic E-state index is 12.0. The predicted molar refractivity (Wildman–Crippen MR) is 88.6 cm³/mol. The molecule has 24 heavy (non-hydrogen) atoms. The molecule has 2 rings (SSSR count). The average molecular weight is 333 g/mol. The van der Waals surface area contributed by atoms with E-state index in [9.17, 15) is 14.4 Å². The molecule has 0 unspecified atom stereocenters. The number of nitrogens with zero attached hydrogens (tertiary/aromatic N) is 2. The number of ether oxygens (including phenoxy) is 1. The fourth-order valence-corrected chi connectivity index (χ4v) is 2.45. The fraction of sp³-hybridized carbons (Fsp3) is 0.471. The molecule has 1 aliphatic rings. The van der Waals surface area contributed by atoms with Crippen LogP contribution in [-0.4, -0.2) is 74.3 Å². The lowest BCUT2D eigenvalue weighted by Gasteiger charge is -2.31. The van der Waals surface area contributed by atoms with Gasteiger partial charge in [0.1, 0.15) is 0 Å². The highest BCUT2D eigenvalue weighted by Crippen LogP contribution is 2.06. The maximum Gasteiger partial charge on any atom is 0.379 e. The van der Waals surface area contributed by atoms with Gasteiger partial charge in [0, 0.05) is 38.3 Å². The number of amides is 1. The van der Waals surface area contributed by atoms with Gasteiger partial charge in [-0.2, -0.15) is 0 Å². The van der Waals surface area contributed by atoms with Crippen LogP contribution in [0, 0.1) is 0 Å². The highest BCUT2D eigenvalue weighted by atomic mass is 16.5. The largest absolute Gasteiger partial charge is 0.463 e. The van der Waals surface area contributed by atoms with E-state index in [1.807, 2.05) is 0 Å². The van der Waals surface area contributed by atoms with E-state index in [4.69, 9.17) is 0 Å². The first-order valence-electron chi connectivity index (χ1n) is 7.89. The third kappa shape index (κ3) is 5.14. The highest BCUT2D eigenvalue weighted by Gasteiger charge is 2.17. The van der Waals surface area contributed by atoms with Gasteiger partial charge in [-0.3, -0.25) is 14.5 Å². The van der Waals surface area contributed by atoms with E-state index in [1.54, 1.807) is 24.3 Å². The minimum absolute atomic E-state index is 0.0192. The summed E-state index contributed by atoms with van der Waals surface area (Å²) in [5, 5.41) is 2.87. The Morgan fingerprint density at radius 3 is 2.29 bits per heavy atom. The summed E-state index contributed by atoms with van der Waals surface area (Å²) < 4.78 is 4.40. The van der Waals surface area contributed by atoms with Crippen LogP contribution in [0.4, 0.5) is 0 Å². The number of hydrogen-bond acceptors (Lipinski definition) is 6. The van der Waals surface area contributed by atoms with Crippen LogP contribution in [-0.2, 0) is 20.9 Å². The van der Waals surface area contributed by atoms with Crippen molar-refractivity contribution in [2.24, 2.45) is 0 Å². The lowest BCUT2D eigenvalue weighted by atomic mass is 10.1. The van der Waals surface area contributed by atoms with Crippen LogP contribution in [0.15, 0.2) is 24.3 Å². The van der Waals surface area contributed by atoms with E-state index in [2.05, 4.69) is 26.9 Å². The minimum atomic E-state index is -0.886. The first-order chi connectivity index (χ1) is 11.5. The van der Waals surface area contributed by atoms with Crippen molar-refractivity contribution in [2.75, 3.05) is 46.9 Å². The van der Waals surface area contributed by atoms with Gasteiger partial charge in [0.2, 0.25) is 5.91 Å². The molecule has 1 aromatic rings. The van der Waals surface area contributed by atoms with E-state index in [0.717, 1.165) is 31.7 Å². The molecule has 1 amide bonds. The molecule has 7 heteroatoms. The molecule has 0 aliphatic carbocycles. The smallest absolute Gasteiger partial charge is 0.379 e. The second-order valence-electron chi connectivity index (χ2n) is 5.87. The number of Topliss-reactive ketones (excluding diaryl/α,β-unsaturated/α-hetero) is 1. The Labute approximate surface area is 141 Å². The molecule has 1 fully saturated rings. The van der Waals surface area contributed by atoms with Crippen LogP contribution >= 0.6 is 0 Å². The van der Waals surface area contributed by atoms with Crippen molar-refractivity contribution >= 4 is 17.7 Å². The minimum Gasteiger partial charge on any atom is -0.463 e. The number of piperazine rings is 1. The number of likely N-dealkylation sites (N-methyl/N-ethyl adjacent to an activating group) is 1. The summed E-state index contributed by atoms with van der Waals surface area (Å²) >= 11 is 0. The van der Waals surface area contributed by atoms with Gasteiger partial charge in [-0.1, -0.05) is 24.3 Å². The van der Waals surface area contributed by atoms with Crippen LogP contribution in [0.5, 0.6) is 0 Å². The van der Waals surface area contributed by atoms with Gasteiger partial charge in [0.15, 0.2) is 0 Å². The number of esters is 1. The number of methoxy groups -OCH3 is 1. The second kappa shape index (κ2) is 8.56. The van der Waals surface area contributed by atoms with Gasteiger partial charge in [-0.15, -0.1) is 0 Å². The number of benzene rings is 1. The van der Waals surface area contributed by atoms with E-state index in [0.29, 0.717) is 13.1 Å². The summed E-state index contributed by atoms with van der Waals surface area (Å²) in [7, 11) is 3.25. The lowest BCUT2D eigenvalue weighted by molar-refractivity contribution is -0.135. The van der Waals surface area contributed by atoms with E-state index in [1.165, 1.54) is 7.11 Å². The van der Waals surface area contributed by atoms with Gasteiger partial charge in [-0.05, 0) is 12.6 Å². The predicted octanol–water partition coefficient (Wildman–Crippen LogP) is -0.0941. The number of ketones is 1. The molecule has 0 atom stereocenters.